The highest BCUT2D eigenvalue weighted by Crippen LogP contribution is 2.34. The molecule has 0 spiro atoms. The average molecular weight is 472 g/mol. The standard InChI is InChI=1S/C23H23F3N6O2/c24-15-7-17-21(31-23(15)32-9-12-6-13(32)8-27-12)22(29-11-28-17)30-16-3-4-18(20(26)19(16)25)34-10-14-2-1-5-33-14/h3-4,7,11-14,27H,1-2,5-6,8-10H2,(H,28,29,30)/t12-,13-,14+/m0/s1. The topological polar surface area (TPSA) is 84.4 Å². The number of pyridine rings is 1. The van der Waals surface area contributed by atoms with Crippen molar-refractivity contribution in [3.05, 3.63) is 42.0 Å². The Bertz CT molecular complexity index is 1240. The van der Waals surface area contributed by atoms with Gasteiger partial charge in [0.1, 0.15) is 18.5 Å². The summed E-state index contributed by atoms with van der Waals surface area (Å²) in [6, 6.07) is 4.49. The lowest BCUT2D eigenvalue weighted by Crippen LogP contribution is -2.44. The molecule has 6 rings (SSSR count). The number of hydrogen-bond donors (Lipinski definition) is 2. The van der Waals surface area contributed by atoms with Crippen LogP contribution in [-0.4, -0.2) is 59.4 Å². The fraction of sp³-hybridized carbons (Fsp3) is 0.435. The van der Waals surface area contributed by atoms with E-state index in [4.69, 9.17) is 9.47 Å². The molecule has 34 heavy (non-hydrogen) atoms. The van der Waals surface area contributed by atoms with Gasteiger partial charge in [-0.15, -0.1) is 0 Å². The Morgan fingerprint density at radius 2 is 2.12 bits per heavy atom. The molecule has 5 heterocycles. The van der Waals surface area contributed by atoms with Gasteiger partial charge in [-0.05, 0) is 31.4 Å². The number of fused-ring (bicyclic) bond motifs is 3. The van der Waals surface area contributed by atoms with Gasteiger partial charge in [-0.25, -0.2) is 23.7 Å². The average Bonchev–Trinajstić information content (AvgIpc) is 3.60. The Morgan fingerprint density at radius 1 is 1.21 bits per heavy atom. The molecule has 3 aromatic rings. The highest BCUT2D eigenvalue weighted by molar-refractivity contribution is 5.88. The molecule has 3 aliphatic rings. The minimum absolute atomic E-state index is 0.116. The summed E-state index contributed by atoms with van der Waals surface area (Å²) in [5.74, 6) is -2.52. The highest BCUT2D eigenvalue weighted by atomic mass is 19.2. The molecule has 3 atom stereocenters. The molecule has 3 fully saturated rings. The van der Waals surface area contributed by atoms with Crippen LogP contribution in [0.3, 0.4) is 0 Å². The molecule has 11 heteroatoms. The number of nitrogens with zero attached hydrogens (tertiary/aromatic N) is 4. The number of ether oxygens (including phenoxy) is 2. The maximum Gasteiger partial charge on any atom is 0.202 e. The molecule has 2 aromatic heterocycles. The first kappa shape index (κ1) is 21.4. The zero-order valence-corrected chi connectivity index (χ0v) is 18.2. The zero-order chi connectivity index (χ0) is 23.2. The summed E-state index contributed by atoms with van der Waals surface area (Å²) < 4.78 is 55.3. The van der Waals surface area contributed by atoms with Crippen LogP contribution >= 0.6 is 0 Å². The van der Waals surface area contributed by atoms with Crippen LogP contribution in [-0.2, 0) is 4.74 Å². The van der Waals surface area contributed by atoms with Gasteiger partial charge in [0, 0.05) is 37.8 Å². The Labute approximate surface area is 193 Å². The van der Waals surface area contributed by atoms with Crippen molar-refractivity contribution >= 4 is 28.4 Å². The minimum atomic E-state index is -1.11. The van der Waals surface area contributed by atoms with E-state index >= 15 is 0 Å². The molecule has 3 aliphatic heterocycles. The zero-order valence-electron chi connectivity index (χ0n) is 18.2. The minimum Gasteiger partial charge on any atom is -0.488 e. The number of halogens is 3. The van der Waals surface area contributed by atoms with E-state index in [0.29, 0.717) is 19.2 Å². The monoisotopic (exact) mass is 472 g/mol. The van der Waals surface area contributed by atoms with Gasteiger partial charge in [0.2, 0.25) is 5.82 Å². The fourth-order valence-electron chi connectivity index (χ4n) is 4.89. The Morgan fingerprint density at radius 3 is 2.88 bits per heavy atom. The predicted octanol–water partition coefficient (Wildman–Crippen LogP) is 3.29. The van der Waals surface area contributed by atoms with Crippen LogP contribution in [0.1, 0.15) is 19.3 Å². The quantitative estimate of drug-likeness (QED) is 0.566. The molecule has 0 radical (unpaired) electrons. The first-order valence-corrected chi connectivity index (χ1v) is 11.4. The van der Waals surface area contributed by atoms with Crippen molar-refractivity contribution in [2.45, 2.75) is 37.5 Å². The molecule has 0 aliphatic carbocycles. The fourth-order valence-corrected chi connectivity index (χ4v) is 4.89. The van der Waals surface area contributed by atoms with E-state index < -0.39 is 17.5 Å². The maximum absolute atomic E-state index is 14.9. The number of benzene rings is 1. The van der Waals surface area contributed by atoms with Gasteiger partial charge in [-0.3, -0.25) is 0 Å². The third-order valence-corrected chi connectivity index (χ3v) is 6.62. The van der Waals surface area contributed by atoms with Crippen molar-refractivity contribution in [1.82, 2.24) is 20.3 Å². The number of hydrogen-bond acceptors (Lipinski definition) is 8. The van der Waals surface area contributed by atoms with Crippen molar-refractivity contribution in [3.8, 4) is 5.75 Å². The van der Waals surface area contributed by atoms with Crippen molar-refractivity contribution in [2.75, 3.05) is 36.5 Å². The second-order valence-electron chi connectivity index (χ2n) is 8.84. The van der Waals surface area contributed by atoms with Crippen LogP contribution in [0.25, 0.3) is 11.0 Å². The second kappa shape index (κ2) is 8.55. The van der Waals surface area contributed by atoms with E-state index in [0.717, 1.165) is 25.8 Å². The van der Waals surface area contributed by atoms with Crippen LogP contribution < -0.4 is 20.3 Å². The largest absolute Gasteiger partial charge is 0.488 e. The summed E-state index contributed by atoms with van der Waals surface area (Å²) in [7, 11) is 0. The summed E-state index contributed by atoms with van der Waals surface area (Å²) in [5, 5.41) is 6.16. The van der Waals surface area contributed by atoms with Crippen molar-refractivity contribution in [1.29, 1.82) is 0 Å². The molecule has 8 nitrogen and oxygen atoms in total. The van der Waals surface area contributed by atoms with E-state index in [1.807, 2.05) is 4.90 Å². The van der Waals surface area contributed by atoms with Crippen LogP contribution in [0.5, 0.6) is 5.75 Å². The molecular weight excluding hydrogens is 449 g/mol. The first-order chi connectivity index (χ1) is 16.6. The van der Waals surface area contributed by atoms with E-state index in [2.05, 4.69) is 25.6 Å². The van der Waals surface area contributed by atoms with Gasteiger partial charge in [-0.1, -0.05) is 0 Å². The maximum atomic E-state index is 14.9. The van der Waals surface area contributed by atoms with Crippen LogP contribution in [0.2, 0.25) is 0 Å². The van der Waals surface area contributed by atoms with E-state index in [1.54, 1.807) is 0 Å². The van der Waals surface area contributed by atoms with Gasteiger partial charge < -0.3 is 25.0 Å². The van der Waals surface area contributed by atoms with Crippen LogP contribution in [0.4, 0.5) is 30.5 Å². The lowest BCUT2D eigenvalue weighted by molar-refractivity contribution is 0.0663. The van der Waals surface area contributed by atoms with Crippen molar-refractivity contribution < 1.29 is 22.6 Å². The van der Waals surface area contributed by atoms with Crippen molar-refractivity contribution in [2.24, 2.45) is 0 Å². The molecule has 0 saturated carbocycles. The molecule has 2 bridgehead atoms. The highest BCUT2D eigenvalue weighted by Gasteiger charge is 2.39. The van der Waals surface area contributed by atoms with Gasteiger partial charge in [0.15, 0.2) is 29.0 Å². The predicted molar refractivity (Wildman–Crippen MR) is 119 cm³/mol. The van der Waals surface area contributed by atoms with Gasteiger partial charge in [-0.2, -0.15) is 4.39 Å². The van der Waals surface area contributed by atoms with E-state index in [-0.39, 0.29) is 52.9 Å². The van der Waals surface area contributed by atoms with Gasteiger partial charge >= 0.3 is 0 Å². The Hall–Kier alpha value is -3.18. The van der Waals surface area contributed by atoms with E-state index in [9.17, 15) is 13.2 Å². The number of piperazine rings is 1. The third kappa shape index (κ3) is 3.78. The molecule has 0 unspecified atom stereocenters. The molecular formula is C23H23F3N6O2. The summed E-state index contributed by atoms with van der Waals surface area (Å²) >= 11 is 0. The molecule has 2 N–H and O–H groups in total. The molecule has 0 amide bonds. The SMILES string of the molecule is Fc1cc2ncnc(Nc3ccc(OC[C@H]4CCCO4)c(F)c3F)c2nc1N1C[C@@H]2C[C@H]1CN2. The molecule has 178 valence electrons. The number of anilines is 3. The Kier molecular flexibility index (Phi) is 5.37. The van der Waals surface area contributed by atoms with E-state index in [1.165, 1.54) is 24.5 Å². The van der Waals surface area contributed by atoms with Gasteiger partial charge in [0.25, 0.3) is 0 Å². The smallest absolute Gasteiger partial charge is 0.202 e. The summed E-state index contributed by atoms with van der Waals surface area (Å²) in [6.45, 7) is 2.23. The summed E-state index contributed by atoms with van der Waals surface area (Å²) in [4.78, 5) is 14.7. The normalized spacial score (nSPS) is 23.7. The summed E-state index contributed by atoms with van der Waals surface area (Å²) in [6.07, 6.45) is 3.79. The number of nitrogens with one attached hydrogen (secondary N) is 2. The number of rotatable bonds is 6. The van der Waals surface area contributed by atoms with Crippen molar-refractivity contribution in [3.63, 3.8) is 0 Å². The third-order valence-electron chi connectivity index (χ3n) is 6.62. The lowest BCUT2D eigenvalue weighted by Gasteiger charge is -2.28. The Balaban J connectivity index is 1.28. The van der Waals surface area contributed by atoms with Gasteiger partial charge in [0.05, 0.1) is 17.3 Å². The molecule has 1 aromatic carbocycles. The van der Waals surface area contributed by atoms with Crippen LogP contribution in [0, 0.1) is 17.5 Å². The first-order valence-electron chi connectivity index (χ1n) is 11.4. The summed E-state index contributed by atoms with van der Waals surface area (Å²) in [5.41, 5.74) is 0.394. The lowest BCUT2D eigenvalue weighted by atomic mass is 10.2. The second-order valence-corrected chi connectivity index (χ2v) is 8.84. The molecule has 3 saturated heterocycles. The van der Waals surface area contributed by atoms with Crippen LogP contribution in [0.15, 0.2) is 24.5 Å². The number of aromatic nitrogens is 3.